The molecule has 0 aromatic heterocycles. The summed E-state index contributed by atoms with van der Waals surface area (Å²) in [5.74, 6) is -0.166. The zero-order valence-electron chi connectivity index (χ0n) is 10.9. The second-order valence-corrected chi connectivity index (χ2v) is 5.52. The van der Waals surface area contributed by atoms with Crippen LogP contribution in [0.1, 0.15) is 24.3 Å². The van der Waals surface area contributed by atoms with Crippen molar-refractivity contribution >= 4 is 27.7 Å². The molecular formula is C14H17BrN2O2. The van der Waals surface area contributed by atoms with E-state index in [1.807, 2.05) is 31.3 Å². The van der Waals surface area contributed by atoms with Crippen LogP contribution in [0.2, 0.25) is 0 Å². The van der Waals surface area contributed by atoms with E-state index in [2.05, 4.69) is 21.2 Å². The summed E-state index contributed by atoms with van der Waals surface area (Å²) in [5, 5.41) is 2.95. The molecule has 0 saturated carbocycles. The maximum Gasteiger partial charge on any atom is 0.229 e. The molecule has 0 unspecified atom stereocenters. The summed E-state index contributed by atoms with van der Waals surface area (Å²) in [4.78, 5) is 25.5. The van der Waals surface area contributed by atoms with Crippen molar-refractivity contribution in [3.63, 3.8) is 0 Å². The number of rotatable bonds is 4. The van der Waals surface area contributed by atoms with Crippen molar-refractivity contribution in [3.8, 4) is 0 Å². The molecule has 19 heavy (non-hydrogen) atoms. The van der Waals surface area contributed by atoms with E-state index in [1.54, 1.807) is 0 Å². The fourth-order valence-corrected chi connectivity index (χ4v) is 2.96. The lowest BCUT2D eigenvalue weighted by Gasteiger charge is -2.30. The first kappa shape index (κ1) is 14.2. The summed E-state index contributed by atoms with van der Waals surface area (Å²) < 4.78 is 0.962. The average Bonchev–Trinajstić information content (AvgIpc) is 2.38. The molecule has 4 nitrogen and oxygen atoms in total. The van der Waals surface area contributed by atoms with E-state index in [0.29, 0.717) is 25.9 Å². The Morgan fingerprint density at radius 3 is 2.47 bits per heavy atom. The Hall–Kier alpha value is -1.20. The molecule has 5 heteroatoms. The second kappa shape index (κ2) is 6.30. The monoisotopic (exact) mass is 324 g/mol. The van der Waals surface area contributed by atoms with Crippen molar-refractivity contribution < 1.29 is 9.59 Å². The highest BCUT2D eigenvalue weighted by atomic mass is 79.9. The number of nitrogens with one attached hydrogen (secondary N) is 1. The van der Waals surface area contributed by atoms with Crippen molar-refractivity contribution in [2.45, 2.75) is 18.8 Å². The molecule has 0 aliphatic carbocycles. The van der Waals surface area contributed by atoms with Crippen LogP contribution in [0.5, 0.6) is 0 Å². The van der Waals surface area contributed by atoms with E-state index in [4.69, 9.17) is 0 Å². The average molecular weight is 325 g/mol. The summed E-state index contributed by atoms with van der Waals surface area (Å²) in [6, 6.07) is 7.78. The number of carbonyl (C=O) groups excluding carboxylic acids is 2. The SMILES string of the molecule is CNCCN1C(=O)CC(c2ccccc2Br)CC1=O. The Labute approximate surface area is 121 Å². The van der Waals surface area contributed by atoms with Gasteiger partial charge in [0.15, 0.2) is 0 Å². The van der Waals surface area contributed by atoms with Crippen molar-refractivity contribution in [2.24, 2.45) is 0 Å². The molecule has 0 atom stereocenters. The zero-order valence-corrected chi connectivity index (χ0v) is 12.4. The minimum atomic E-state index is -0.0766. The molecule has 1 aliphatic rings. The van der Waals surface area contributed by atoms with Gasteiger partial charge in [0, 0.05) is 36.3 Å². The van der Waals surface area contributed by atoms with E-state index in [-0.39, 0.29) is 17.7 Å². The number of hydrogen-bond acceptors (Lipinski definition) is 3. The van der Waals surface area contributed by atoms with Gasteiger partial charge in [-0.25, -0.2) is 0 Å². The Balaban J connectivity index is 2.11. The number of carbonyl (C=O) groups is 2. The maximum atomic E-state index is 12.1. The minimum absolute atomic E-state index is 0.0126. The molecule has 2 amide bonds. The van der Waals surface area contributed by atoms with Crippen LogP contribution < -0.4 is 5.32 Å². The van der Waals surface area contributed by atoms with E-state index in [9.17, 15) is 9.59 Å². The van der Waals surface area contributed by atoms with Crippen LogP contribution in [0.15, 0.2) is 28.7 Å². The van der Waals surface area contributed by atoms with E-state index in [1.165, 1.54) is 4.90 Å². The van der Waals surface area contributed by atoms with E-state index in [0.717, 1.165) is 10.0 Å². The third-order valence-electron chi connectivity index (χ3n) is 3.37. The van der Waals surface area contributed by atoms with Gasteiger partial charge in [-0.05, 0) is 18.7 Å². The molecule has 1 aromatic carbocycles. The number of likely N-dealkylation sites (N-methyl/N-ethyl adjacent to an activating group) is 1. The second-order valence-electron chi connectivity index (χ2n) is 4.67. The number of imide groups is 1. The van der Waals surface area contributed by atoms with Crippen molar-refractivity contribution in [1.29, 1.82) is 0 Å². The van der Waals surface area contributed by atoms with Gasteiger partial charge in [0.2, 0.25) is 11.8 Å². The van der Waals surface area contributed by atoms with Gasteiger partial charge in [-0.2, -0.15) is 0 Å². The molecule has 1 saturated heterocycles. The molecule has 2 rings (SSSR count). The molecule has 1 N–H and O–H groups in total. The Kier molecular flexibility index (Phi) is 4.71. The smallest absolute Gasteiger partial charge is 0.229 e. The molecule has 1 heterocycles. The standard InChI is InChI=1S/C14H17BrN2O2/c1-16-6-7-17-13(18)8-10(9-14(17)19)11-4-2-3-5-12(11)15/h2-5,10,16H,6-9H2,1H3. The van der Waals surface area contributed by atoms with Gasteiger partial charge in [-0.15, -0.1) is 0 Å². The van der Waals surface area contributed by atoms with Crippen molar-refractivity contribution in [3.05, 3.63) is 34.3 Å². The van der Waals surface area contributed by atoms with E-state index >= 15 is 0 Å². The molecule has 0 spiro atoms. The lowest BCUT2D eigenvalue weighted by Crippen LogP contribution is -2.45. The highest BCUT2D eigenvalue weighted by molar-refractivity contribution is 9.10. The van der Waals surface area contributed by atoms with Gasteiger partial charge in [-0.1, -0.05) is 34.1 Å². The first-order chi connectivity index (χ1) is 9.13. The van der Waals surface area contributed by atoms with Crippen LogP contribution in [0.3, 0.4) is 0 Å². The highest BCUT2D eigenvalue weighted by Crippen LogP contribution is 2.33. The molecule has 1 fully saturated rings. The van der Waals surface area contributed by atoms with Gasteiger partial charge in [-0.3, -0.25) is 14.5 Å². The van der Waals surface area contributed by atoms with Gasteiger partial charge in [0.1, 0.15) is 0 Å². The maximum absolute atomic E-state index is 12.1. The largest absolute Gasteiger partial charge is 0.318 e. The van der Waals surface area contributed by atoms with Crippen molar-refractivity contribution in [1.82, 2.24) is 10.2 Å². The number of halogens is 1. The van der Waals surface area contributed by atoms with Crippen LogP contribution in [-0.2, 0) is 9.59 Å². The van der Waals surface area contributed by atoms with Crippen molar-refractivity contribution in [2.75, 3.05) is 20.1 Å². The van der Waals surface area contributed by atoms with Crippen LogP contribution in [0.4, 0.5) is 0 Å². The fraction of sp³-hybridized carbons (Fsp3) is 0.429. The topological polar surface area (TPSA) is 49.4 Å². The quantitative estimate of drug-likeness (QED) is 0.860. The highest BCUT2D eigenvalue weighted by Gasteiger charge is 2.33. The molecule has 0 radical (unpaired) electrons. The van der Waals surface area contributed by atoms with E-state index < -0.39 is 0 Å². The molecule has 1 aliphatic heterocycles. The Bertz CT molecular complexity index is 472. The van der Waals surface area contributed by atoms with Crippen LogP contribution in [0, 0.1) is 0 Å². The number of likely N-dealkylation sites (tertiary alicyclic amines) is 1. The van der Waals surface area contributed by atoms with Gasteiger partial charge < -0.3 is 5.32 Å². The number of amides is 2. The first-order valence-electron chi connectivity index (χ1n) is 6.35. The predicted molar refractivity (Wildman–Crippen MR) is 76.8 cm³/mol. The summed E-state index contributed by atoms with van der Waals surface area (Å²) in [5.41, 5.74) is 1.04. The third kappa shape index (κ3) is 3.22. The number of hydrogen-bond donors (Lipinski definition) is 1. The minimum Gasteiger partial charge on any atom is -0.318 e. The fourth-order valence-electron chi connectivity index (χ4n) is 2.35. The Morgan fingerprint density at radius 2 is 1.89 bits per heavy atom. The summed E-state index contributed by atoms with van der Waals surface area (Å²) >= 11 is 3.48. The first-order valence-corrected chi connectivity index (χ1v) is 7.15. The lowest BCUT2D eigenvalue weighted by atomic mass is 9.88. The lowest BCUT2D eigenvalue weighted by molar-refractivity contribution is -0.148. The molecule has 1 aromatic rings. The van der Waals surface area contributed by atoms with Crippen LogP contribution in [0.25, 0.3) is 0 Å². The van der Waals surface area contributed by atoms with Crippen LogP contribution in [-0.4, -0.2) is 36.9 Å². The normalized spacial score (nSPS) is 17.1. The van der Waals surface area contributed by atoms with Crippen LogP contribution >= 0.6 is 15.9 Å². The molecule has 0 bridgehead atoms. The zero-order chi connectivity index (χ0) is 13.8. The predicted octanol–water partition coefficient (Wildman–Crippen LogP) is 1.90. The summed E-state index contributed by atoms with van der Waals surface area (Å²) in [7, 11) is 1.81. The van der Waals surface area contributed by atoms with Gasteiger partial charge in [0.25, 0.3) is 0 Å². The number of nitrogens with zero attached hydrogens (tertiary/aromatic N) is 1. The Morgan fingerprint density at radius 1 is 1.26 bits per heavy atom. The number of benzene rings is 1. The third-order valence-corrected chi connectivity index (χ3v) is 4.10. The number of piperidine rings is 1. The van der Waals surface area contributed by atoms with Gasteiger partial charge >= 0.3 is 0 Å². The summed E-state index contributed by atoms with van der Waals surface area (Å²) in [6.45, 7) is 1.09. The molecule has 102 valence electrons. The molecular weight excluding hydrogens is 308 g/mol. The van der Waals surface area contributed by atoms with Gasteiger partial charge in [0.05, 0.1) is 0 Å². The summed E-state index contributed by atoms with van der Waals surface area (Å²) in [6.07, 6.45) is 0.802.